The number of amides is 1. The molecule has 0 fully saturated rings. The first kappa shape index (κ1) is 12.9. The highest BCUT2D eigenvalue weighted by atomic mass is 19.1. The number of nitrogens with zero attached hydrogens (tertiary/aromatic N) is 1. The Morgan fingerprint density at radius 2 is 2.00 bits per heavy atom. The van der Waals surface area contributed by atoms with Crippen molar-refractivity contribution in [2.24, 2.45) is 0 Å². The van der Waals surface area contributed by atoms with Crippen molar-refractivity contribution in [2.75, 3.05) is 18.9 Å². The zero-order chi connectivity index (χ0) is 12.8. The maximum absolute atomic E-state index is 13.4. The summed E-state index contributed by atoms with van der Waals surface area (Å²) >= 11 is 0. The van der Waals surface area contributed by atoms with Crippen molar-refractivity contribution in [3.63, 3.8) is 0 Å². The molecule has 90 valence electrons. The second kappa shape index (κ2) is 5.80. The van der Waals surface area contributed by atoms with Crippen LogP contribution in [-0.2, 0) is 4.79 Å². The van der Waals surface area contributed by atoms with Gasteiger partial charge in [-0.15, -0.1) is 0 Å². The lowest BCUT2D eigenvalue weighted by molar-refractivity contribution is -0.120. The van der Waals surface area contributed by atoms with E-state index in [1.54, 1.807) is 6.07 Å². The van der Waals surface area contributed by atoms with Crippen LogP contribution in [0.15, 0.2) is 12.1 Å². The summed E-state index contributed by atoms with van der Waals surface area (Å²) in [7, 11) is 1.48. The largest absolute Gasteiger partial charge is 0.380 e. The van der Waals surface area contributed by atoms with E-state index < -0.39 is 11.6 Å². The van der Waals surface area contributed by atoms with E-state index in [0.29, 0.717) is 0 Å². The molecule has 1 amide bonds. The predicted molar refractivity (Wildman–Crippen MR) is 58.2 cm³/mol. The molecule has 0 saturated carbocycles. The number of nitrogens with one attached hydrogen (secondary N) is 2. The van der Waals surface area contributed by atoms with Gasteiger partial charge in [0.25, 0.3) is 0 Å². The molecule has 0 saturated heterocycles. The molecular weight excluding hydrogens is 228 g/mol. The van der Waals surface area contributed by atoms with Crippen molar-refractivity contribution in [2.45, 2.75) is 6.42 Å². The minimum Gasteiger partial charge on any atom is -0.380 e. The molecule has 1 aromatic rings. The molecule has 0 heterocycles. The third-order valence-corrected chi connectivity index (χ3v) is 2.10. The first-order chi connectivity index (χ1) is 8.08. The summed E-state index contributed by atoms with van der Waals surface area (Å²) in [6.45, 7) is 0.111. The summed E-state index contributed by atoms with van der Waals surface area (Å²) in [6, 6.07) is 3.52. The monoisotopic (exact) mass is 239 g/mol. The van der Waals surface area contributed by atoms with Crippen LogP contribution in [0.4, 0.5) is 14.5 Å². The molecule has 0 aromatic heterocycles. The van der Waals surface area contributed by atoms with Gasteiger partial charge in [-0.1, -0.05) is 0 Å². The SMILES string of the molecule is CNC(=O)CCNc1c(F)cc(C#N)cc1F. The van der Waals surface area contributed by atoms with Crippen molar-refractivity contribution in [1.82, 2.24) is 5.32 Å². The Morgan fingerprint density at radius 1 is 1.41 bits per heavy atom. The first-order valence-electron chi connectivity index (χ1n) is 4.92. The van der Waals surface area contributed by atoms with E-state index in [2.05, 4.69) is 10.6 Å². The number of hydrogen-bond donors (Lipinski definition) is 2. The molecule has 0 unspecified atom stereocenters. The summed E-state index contributed by atoms with van der Waals surface area (Å²) in [4.78, 5) is 10.9. The van der Waals surface area contributed by atoms with E-state index in [1.807, 2.05) is 0 Å². The van der Waals surface area contributed by atoms with Crippen molar-refractivity contribution in [3.8, 4) is 6.07 Å². The fourth-order valence-corrected chi connectivity index (χ4v) is 1.23. The van der Waals surface area contributed by atoms with E-state index in [0.717, 1.165) is 12.1 Å². The van der Waals surface area contributed by atoms with Crippen molar-refractivity contribution < 1.29 is 13.6 Å². The normalized spacial score (nSPS) is 9.53. The van der Waals surface area contributed by atoms with Gasteiger partial charge < -0.3 is 10.6 Å². The number of carbonyl (C=O) groups is 1. The third-order valence-electron chi connectivity index (χ3n) is 2.10. The maximum Gasteiger partial charge on any atom is 0.221 e. The van der Waals surface area contributed by atoms with Crippen LogP contribution in [0, 0.1) is 23.0 Å². The number of anilines is 1. The number of benzene rings is 1. The second-order valence-corrected chi connectivity index (χ2v) is 3.28. The Hall–Kier alpha value is -2.16. The molecule has 1 aromatic carbocycles. The summed E-state index contributed by atoms with van der Waals surface area (Å²) in [5, 5.41) is 13.4. The molecule has 4 nitrogen and oxygen atoms in total. The number of nitriles is 1. The van der Waals surface area contributed by atoms with Crippen LogP contribution in [0.3, 0.4) is 0 Å². The van der Waals surface area contributed by atoms with Gasteiger partial charge in [-0.2, -0.15) is 5.26 Å². The lowest BCUT2D eigenvalue weighted by Crippen LogP contribution is -2.21. The van der Waals surface area contributed by atoms with Gasteiger partial charge in [0.1, 0.15) is 5.69 Å². The van der Waals surface area contributed by atoms with Crippen molar-refractivity contribution >= 4 is 11.6 Å². The van der Waals surface area contributed by atoms with E-state index in [-0.39, 0.29) is 30.1 Å². The summed E-state index contributed by atoms with van der Waals surface area (Å²) < 4.78 is 26.7. The van der Waals surface area contributed by atoms with E-state index in [1.165, 1.54) is 7.05 Å². The van der Waals surface area contributed by atoms with Crippen LogP contribution in [0.5, 0.6) is 0 Å². The third kappa shape index (κ3) is 3.41. The lowest BCUT2D eigenvalue weighted by atomic mass is 10.2. The van der Waals surface area contributed by atoms with Gasteiger partial charge in [0, 0.05) is 20.0 Å². The van der Waals surface area contributed by atoms with E-state index in [4.69, 9.17) is 5.26 Å². The molecule has 0 atom stereocenters. The highest BCUT2D eigenvalue weighted by Crippen LogP contribution is 2.20. The smallest absolute Gasteiger partial charge is 0.221 e. The van der Waals surface area contributed by atoms with Gasteiger partial charge in [-0.3, -0.25) is 4.79 Å². The van der Waals surface area contributed by atoms with Gasteiger partial charge in [-0.05, 0) is 12.1 Å². The summed E-state index contributed by atoms with van der Waals surface area (Å²) in [5.74, 6) is -1.93. The Bertz CT molecular complexity index is 445. The Labute approximate surface area is 97.2 Å². The molecule has 0 radical (unpaired) electrons. The molecule has 0 bridgehead atoms. The van der Waals surface area contributed by atoms with Gasteiger partial charge in [0.15, 0.2) is 11.6 Å². The molecule has 0 aliphatic rings. The van der Waals surface area contributed by atoms with E-state index in [9.17, 15) is 13.6 Å². The van der Waals surface area contributed by atoms with Gasteiger partial charge in [0.2, 0.25) is 5.91 Å². The molecule has 6 heteroatoms. The standard InChI is InChI=1S/C11H11F2N3O/c1-15-10(17)2-3-16-11-8(12)4-7(6-14)5-9(11)13/h4-5,16H,2-3H2,1H3,(H,15,17). The van der Waals surface area contributed by atoms with Crippen molar-refractivity contribution in [1.29, 1.82) is 5.26 Å². The molecule has 1 rings (SSSR count). The number of hydrogen-bond acceptors (Lipinski definition) is 3. The van der Waals surface area contributed by atoms with Crippen LogP contribution >= 0.6 is 0 Å². The molecular formula is C11H11F2N3O. The summed E-state index contributed by atoms with van der Waals surface area (Å²) in [6.07, 6.45) is 0.107. The van der Waals surface area contributed by atoms with Crippen LogP contribution in [0.1, 0.15) is 12.0 Å². The van der Waals surface area contributed by atoms with Crippen LogP contribution in [0.25, 0.3) is 0 Å². The highest BCUT2D eigenvalue weighted by molar-refractivity contribution is 5.76. The summed E-state index contributed by atoms with van der Waals surface area (Å²) in [5.41, 5.74) is -0.412. The van der Waals surface area contributed by atoms with Crippen molar-refractivity contribution in [3.05, 3.63) is 29.3 Å². The zero-order valence-electron chi connectivity index (χ0n) is 9.18. The lowest BCUT2D eigenvalue weighted by Gasteiger charge is -2.08. The predicted octanol–water partition coefficient (Wildman–Crippen LogP) is 1.38. The Morgan fingerprint density at radius 3 is 2.47 bits per heavy atom. The number of rotatable bonds is 4. The highest BCUT2D eigenvalue weighted by Gasteiger charge is 2.11. The first-order valence-corrected chi connectivity index (χ1v) is 4.92. The zero-order valence-corrected chi connectivity index (χ0v) is 9.18. The quantitative estimate of drug-likeness (QED) is 0.834. The number of halogens is 2. The topological polar surface area (TPSA) is 64.9 Å². The molecule has 2 N–H and O–H groups in total. The van der Waals surface area contributed by atoms with E-state index >= 15 is 0 Å². The maximum atomic E-state index is 13.4. The van der Waals surface area contributed by atoms with Crippen LogP contribution in [-0.4, -0.2) is 19.5 Å². The van der Waals surface area contributed by atoms with Crippen LogP contribution in [0.2, 0.25) is 0 Å². The molecule has 0 spiro atoms. The molecule has 0 aliphatic heterocycles. The fraction of sp³-hybridized carbons (Fsp3) is 0.273. The van der Waals surface area contributed by atoms with Gasteiger partial charge in [0.05, 0.1) is 11.6 Å². The van der Waals surface area contributed by atoms with Gasteiger partial charge >= 0.3 is 0 Å². The average Bonchev–Trinajstić information content (AvgIpc) is 2.31. The fourth-order valence-electron chi connectivity index (χ4n) is 1.23. The minimum absolute atomic E-state index is 0.0862. The van der Waals surface area contributed by atoms with Gasteiger partial charge in [-0.25, -0.2) is 8.78 Å². The van der Waals surface area contributed by atoms with Crippen LogP contribution < -0.4 is 10.6 Å². The Kier molecular flexibility index (Phi) is 4.40. The Balaban J connectivity index is 2.72. The average molecular weight is 239 g/mol. The molecule has 0 aliphatic carbocycles. The molecule has 17 heavy (non-hydrogen) atoms. The number of carbonyl (C=O) groups excluding carboxylic acids is 1. The minimum atomic E-state index is -0.849. The second-order valence-electron chi connectivity index (χ2n) is 3.28.